The van der Waals surface area contributed by atoms with Gasteiger partial charge in [0.2, 0.25) is 0 Å². The normalized spacial score (nSPS) is 12.0. The van der Waals surface area contributed by atoms with Gasteiger partial charge in [-0.15, -0.1) is 12.4 Å². The summed E-state index contributed by atoms with van der Waals surface area (Å²) >= 11 is 0. The molecule has 20 heavy (non-hydrogen) atoms. The van der Waals surface area contributed by atoms with Gasteiger partial charge >= 0.3 is 0 Å². The number of anilines is 1. The molecule has 0 unspecified atom stereocenters. The van der Waals surface area contributed by atoms with Gasteiger partial charge in [0.1, 0.15) is 0 Å². The van der Waals surface area contributed by atoms with E-state index in [0.717, 1.165) is 46.4 Å². The average Bonchev–Trinajstić information content (AvgIpc) is 2.87. The molecular weight excluding hydrogens is 276 g/mol. The average molecular weight is 291 g/mol. The summed E-state index contributed by atoms with van der Waals surface area (Å²) in [7, 11) is 0. The highest BCUT2D eigenvalue weighted by Crippen LogP contribution is 2.38. The quantitative estimate of drug-likeness (QED) is 0.661. The summed E-state index contributed by atoms with van der Waals surface area (Å²) in [4.78, 5) is 4.73. The summed E-state index contributed by atoms with van der Waals surface area (Å²) in [5.41, 5.74) is 12.5. The van der Waals surface area contributed by atoms with Gasteiger partial charge < -0.3 is 11.2 Å². The van der Waals surface area contributed by atoms with Crippen LogP contribution in [-0.2, 0) is 12.8 Å². The smallest absolute Gasteiger partial charge is 0.0726 e. The number of aromatic nitrogens is 3. The highest BCUT2D eigenvalue weighted by atomic mass is 35.5. The van der Waals surface area contributed by atoms with Crippen molar-refractivity contribution in [1.29, 1.82) is 0 Å². The second kappa shape index (κ2) is 5.11. The Morgan fingerprint density at radius 3 is 2.80 bits per heavy atom. The van der Waals surface area contributed by atoms with Crippen molar-refractivity contribution in [2.24, 2.45) is 0 Å². The molecule has 1 aliphatic carbocycles. The molecule has 6 heteroatoms. The maximum absolute atomic E-state index is 6.33. The van der Waals surface area contributed by atoms with Crippen molar-refractivity contribution >= 4 is 29.0 Å². The molecule has 0 aliphatic heterocycles. The van der Waals surface area contributed by atoms with Gasteiger partial charge in [-0.2, -0.15) is 5.10 Å². The van der Waals surface area contributed by atoms with E-state index in [1.165, 1.54) is 5.56 Å². The third-order valence-electron chi connectivity index (χ3n) is 3.61. The summed E-state index contributed by atoms with van der Waals surface area (Å²) in [5.74, 6) is 0. The van der Waals surface area contributed by atoms with Crippen LogP contribution in [0.2, 0.25) is 0 Å². The highest BCUT2D eigenvalue weighted by Gasteiger charge is 2.22. The third kappa shape index (κ3) is 1.83. The number of pyridine rings is 1. The van der Waals surface area contributed by atoms with Crippen molar-refractivity contribution in [3.63, 3.8) is 0 Å². The minimum absolute atomic E-state index is 0. The van der Waals surface area contributed by atoms with E-state index in [1.807, 2.05) is 30.5 Å². The molecule has 5 nitrogen and oxygen atoms in total. The lowest BCUT2D eigenvalue weighted by Crippen LogP contribution is -2.08. The molecule has 0 spiro atoms. The number of nitrogens with two attached hydrogens (primary N) is 1. The minimum Gasteiger partial charge on any atom is -0.412 e. The number of benzene rings is 1. The molecule has 5 N–H and O–H groups in total. The highest BCUT2D eigenvalue weighted by molar-refractivity contribution is 5.99. The first-order valence-corrected chi connectivity index (χ1v) is 6.04. The van der Waals surface area contributed by atoms with Gasteiger partial charge in [0.05, 0.1) is 28.8 Å². The molecule has 104 valence electrons. The molecule has 0 radical (unpaired) electrons. The molecule has 4 rings (SSSR count). The van der Waals surface area contributed by atoms with E-state index in [9.17, 15) is 0 Å². The fourth-order valence-electron chi connectivity index (χ4n) is 2.72. The van der Waals surface area contributed by atoms with Crippen LogP contribution in [0.15, 0.2) is 30.5 Å². The van der Waals surface area contributed by atoms with E-state index < -0.39 is 0 Å². The molecule has 3 aromatic rings. The molecule has 2 aromatic heterocycles. The van der Waals surface area contributed by atoms with Crippen LogP contribution < -0.4 is 5.73 Å². The van der Waals surface area contributed by atoms with Gasteiger partial charge in [-0.1, -0.05) is 18.2 Å². The van der Waals surface area contributed by atoms with E-state index in [1.54, 1.807) is 0 Å². The Labute approximate surface area is 121 Å². The van der Waals surface area contributed by atoms with Gasteiger partial charge in [-0.25, -0.2) is 0 Å². The molecule has 0 saturated carbocycles. The van der Waals surface area contributed by atoms with Crippen LogP contribution >= 0.6 is 12.4 Å². The lowest BCUT2D eigenvalue weighted by molar-refractivity contribution is 0.824. The van der Waals surface area contributed by atoms with Crippen LogP contribution in [0.4, 0.5) is 5.69 Å². The third-order valence-corrected chi connectivity index (χ3v) is 3.61. The molecule has 1 aromatic carbocycles. The molecule has 0 bridgehead atoms. The van der Waals surface area contributed by atoms with Crippen LogP contribution in [0.3, 0.4) is 0 Å². The monoisotopic (exact) mass is 290 g/mol. The number of nitrogens with zero attached hydrogens (tertiary/aromatic N) is 2. The molecule has 2 heterocycles. The number of para-hydroxylation sites is 1. The number of fused-ring (bicyclic) bond motifs is 4. The summed E-state index contributed by atoms with van der Waals surface area (Å²) in [6.45, 7) is 0. The molecule has 1 aliphatic rings. The number of nitrogen functional groups attached to an aromatic ring is 1. The predicted octanol–water partition coefficient (Wildman–Crippen LogP) is 1.90. The zero-order valence-electron chi connectivity index (χ0n) is 10.7. The van der Waals surface area contributed by atoms with E-state index in [0.29, 0.717) is 0 Å². The van der Waals surface area contributed by atoms with Crippen molar-refractivity contribution < 1.29 is 5.48 Å². The lowest BCUT2D eigenvalue weighted by Gasteiger charge is -2.18. The fraction of sp³-hybridized carbons (Fsp3) is 0.143. The summed E-state index contributed by atoms with van der Waals surface area (Å²) < 4.78 is 0. The Bertz CT molecular complexity index is 769. The van der Waals surface area contributed by atoms with Crippen LogP contribution in [0.5, 0.6) is 0 Å². The maximum Gasteiger partial charge on any atom is 0.0726 e. The second-order valence-electron chi connectivity index (χ2n) is 4.63. The Kier molecular flexibility index (Phi) is 3.65. The van der Waals surface area contributed by atoms with E-state index in [2.05, 4.69) is 10.2 Å². The standard InChI is InChI=1S/C14H12N4.ClH.H2O/c15-13-9-3-1-2-4-10(9)17-11-6-5-8-7-16-18-14(8)12(11)13;;/h1-4,7H,5-6H2,(H2,15,17)(H,16,18);1H;1H2. The topological polar surface area (TPSA) is 99.1 Å². The van der Waals surface area contributed by atoms with Crippen molar-refractivity contribution in [2.75, 3.05) is 5.73 Å². The SMILES string of the molecule is Cl.Nc1c2c(nc3ccccc13)CCc1cn[nH]c1-2.O. The van der Waals surface area contributed by atoms with Gasteiger partial charge in [0.25, 0.3) is 0 Å². The maximum atomic E-state index is 6.33. The largest absolute Gasteiger partial charge is 0.412 e. The number of hydrogen-bond acceptors (Lipinski definition) is 3. The van der Waals surface area contributed by atoms with Gasteiger partial charge in [-0.3, -0.25) is 10.1 Å². The Morgan fingerprint density at radius 1 is 1.15 bits per heavy atom. The van der Waals surface area contributed by atoms with Crippen molar-refractivity contribution in [2.45, 2.75) is 12.8 Å². The zero-order valence-corrected chi connectivity index (χ0v) is 11.5. The Hall–Kier alpha value is -2.11. The first-order chi connectivity index (χ1) is 8.84. The zero-order chi connectivity index (χ0) is 12.1. The van der Waals surface area contributed by atoms with E-state index >= 15 is 0 Å². The van der Waals surface area contributed by atoms with Crippen molar-refractivity contribution in [3.05, 3.63) is 41.7 Å². The molecule has 0 amide bonds. The van der Waals surface area contributed by atoms with Crippen LogP contribution in [0.1, 0.15) is 11.3 Å². The van der Waals surface area contributed by atoms with Gasteiger partial charge in [0.15, 0.2) is 0 Å². The second-order valence-corrected chi connectivity index (χ2v) is 4.63. The summed E-state index contributed by atoms with van der Waals surface area (Å²) in [6, 6.07) is 8.01. The number of nitrogens with one attached hydrogen (secondary N) is 1. The predicted molar refractivity (Wildman–Crippen MR) is 82.0 cm³/mol. The first kappa shape index (κ1) is 14.3. The Balaban J connectivity index is 0.000000735. The van der Waals surface area contributed by atoms with Gasteiger partial charge in [-0.05, 0) is 24.5 Å². The molecular formula is C14H15ClN4O. The number of aryl methyl sites for hydroxylation is 2. The number of rotatable bonds is 0. The number of hydrogen-bond donors (Lipinski definition) is 2. The van der Waals surface area contributed by atoms with E-state index in [-0.39, 0.29) is 17.9 Å². The van der Waals surface area contributed by atoms with E-state index in [4.69, 9.17) is 10.7 Å². The number of halogens is 1. The number of H-pyrrole nitrogens is 1. The fourth-order valence-corrected chi connectivity index (χ4v) is 2.72. The lowest BCUT2D eigenvalue weighted by atomic mass is 9.91. The van der Waals surface area contributed by atoms with Crippen LogP contribution in [0.25, 0.3) is 22.2 Å². The molecule has 0 atom stereocenters. The van der Waals surface area contributed by atoms with Crippen LogP contribution in [-0.4, -0.2) is 20.7 Å². The van der Waals surface area contributed by atoms with Crippen LogP contribution in [0, 0.1) is 0 Å². The van der Waals surface area contributed by atoms with Crippen molar-refractivity contribution in [1.82, 2.24) is 15.2 Å². The molecule has 0 saturated heterocycles. The molecule has 0 fully saturated rings. The van der Waals surface area contributed by atoms with Gasteiger partial charge in [0, 0.05) is 10.9 Å². The number of aromatic amines is 1. The summed E-state index contributed by atoms with van der Waals surface area (Å²) in [6.07, 6.45) is 3.79. The summed E-state index contributed by atoms with van der Waals surface area (Å²) in [5, 5.41) is 8.18. The first-order valence-electron chi connectivity index (χ1n) is 6.04. The Morgan fingerprint density at radius 2 is 1.95 bits per heavy atom. The van der Waals surface area contributed by atoms with Crippen molar-refractivity contribution in [3.8, 4) is 11.3 Å². The minimum atomic E-state index is 0.